The highest BCUT2D eigenvalue weighted by atomic mass is 19.4. The van der Waals surface area contributed by atoms with Crippen molar-refractivity contribution in [3.8, 4) is 0 Å². The van der Waals surface area contributed by atoms with E-state index in [9.17, 15) is 18.0 Å². The fourth-order valence-corrected chi connectivity index (χ4v) is 1.89. The van der Waals surface area contributed by atoms with E-state index in [4.69, 9.17) is 10.8 Å². The molecule has 0 atom stereocenters. The highest BCUT2D eigenvalue weighted by Gasteiger charge is 2.40. The van der Waals surface area contributed by atoms with Crippen LogP contribution in [0.25, 0.3) is 0 Å². The second-order valence-corrected chi connectivity index (χ2v) is 3.96. The molecular weight excluding hydrogens is 239 g/mol. The highest BCUT2D eigenvalue weighted by Crippen LogP contribution is 2.42. The van der Waals surface area contributed by atoms with Gasteiger partial charge in [0.1, 0.15) is 5.82 Å². The molecule has 0 aliphatic heterocycles. The van der Waals surface area contributed by atoms with Crippen molar-refractivity contribution in [2.75, 3.05) is 5.73 Å². The minimum atomic E-state index is -4.80. The van der Waals surface area contributed by atoms with Gasteiger partial charge in [-0.1, -0.05) is 6.42 Å². The van der Waals surface area contributed by atoms with Gasteiger partial charge in [0.05, 0.1) is 0 Å². The summed E-state index contributed by atoms with van der Waals surface area (Å²) in [6, 6.07) is 0. The molecular formula is C9H10F3N3O2. The van der Waals surface area contributed by atoms with E-state index in [1.54, 1.807) is 0 Å². The standard InChI is InChI=1S/C9H10F3N3O2/c10-9(11,12)15-7(13)5(4-2-1-3-4)6(14-15)8(16)17/h4H,1-3,13H2,(H,16,17). The summed E-state index contributed by atoms with van der Waals surface area (Å²) >= 11 is 0. The molecule has 2 rings (SSSR count). The third-order valence-electron chi connectivity index (χ3n) is 2.92. The summed E-state index contributed by atoms with van der Waals surface area (Å²) in [6.45, 7) is 0. The van der Waals surface area contributed by atoms with Crippen LogP contribution in [0.15, 0.2) is 0 Å². The number of carboxylic acids is 1. The third kappa shape index (κ3) is 1.83. The van der Waals surface area contributed by atoms with Gasteiger partial charge >= 0.3 is 12.3 Å². The molecule has 1 fully saturated rings. The van der Waals surface area contributed by atoms with E-state index in [-0.39, 0.29) is 16.2 Å². The van der Waals surface area contributed by atoms with Gasteiger partial charge in [-0.15, -0.1) is 13.2 Å². The molecule has 1 aliphatic rings. The first-order chi connectivity index (χ1) is 7.82. The zero-order chi connectivity index (χ0) is 12.8. The first-order valence-corrected chi connectivity index (χ1v) is 5.01. The lowest BCUT2D eigenvalue weighted by Gasteiger charge is -2.25. The Hall–Kier alpha value is -1.73. The summed E-state index contributed by atoms with van der Waals surface area (Å²) < 4.78 is 37.2. The second kappa shape index (κ2) is 3.64. The predicted octanol–water partition coefficient (Wildman–Crippen LogP) is 1.91. The molecule has 0 bridgehead atoms. The van der Waals surface area contributed by atoms with Gasteiger partial charge in [0.15, 0.2) is 5.69 Å². The number of carboxylic acid groups (broad SMARTS) is 1. The van der Waals surface area contributed by atoms with Crippen molar-refractivity contribution in [1.29, 1.82) is 0 Å². The Morgan fingerprint density at radius 2 is 2.06 bits per heavy atom. The minimum absolute atomic E-state index is 0.0149. The van der Waals surface area contributed by atoms with Crippen molar-refractivity contribution < 1.29 is 23.1 Å². The SMILES string of the molecule is Nc1c(C2CCC2)c(C(=O)O)nn1C(F)(F)F. The fourth-order valence-electron chi connectivity index (χ4n) is 1.89. The molecule has 0 aromatic carbocycles. The van der Waals surface area contributed by atoms with Crippen LogP contribution in [0.5, 0.6) is 0 Å². The number of alkyl halides is 3. The molecule has 0 amide bonds. The molecule has 1 aliphatic carbocycles. The summed E-state index contributed by atoms with van der Waals surface area (Å²) in [5.41, 5.74) is 4.78. The van der Waals surface area contributed by atoms with E-state index < -0.39 is 23.8 Å². The number of aromatic nitrogens is 2. The van der Waals surface area contributed by atoms with Gasteiger partial charge < -0.3 is 10.8 Å². The van der Waals surface area contributed by atoms with Gasteiger partial charge in [-0.05, 0) is 18.8 Å². The Labute approximate surface area is 94.0 Å². The highest BCUT2D eigenvalue weighted by molar-refractivity contribution is 5.89. The Kier molecular flexibility index (Phi) is 2.52. The molecule has 5 nitrogen and oxygen atoms in total. The lowest BCUT2D eigenvalue weighted by molar-refractivity contribution is -0.210. The predicted molar refractivity (Wildman–Crippen MR) is 51.5 cm³/mol. The van der Waals surface area contributed by atoms with Gasteiger partial charge in [-0.25, -0.2) is 4.79 Å². The Balaban J connectivity index is 2.55. The lowest BCUT2D eigenvalue weighted by Crippen LogP contribution is -2.21. The van der Waals surface area contributed by atoms with Crippen LogP contribution in [0.2, 0.25) is 0 Å². The van der Waals surface area contributed by atoms with Crippen LogP contribution in [-0.2, 0) is 6.30 Å². The number of hydrogen-bond donors (Lipinski definition) is 2. The molecule has 1 aromatic rings. The van der Waals surface area contributed by atoms with Gasteiger partial charge in [-0.2, -0.15) is 9.78 Å². The van der Waals surface area contributed by atoms with Crippen LogP contribution >= 0.6 is 0 Å². The molecule has 3 N–H and O–H groups in total. The number of nitrogens with zero attached hydrogens (tertiary/aromatic N) is 2. The Morgan fingerprint density at radius 1 is 1.47 bits per heavy atom. The molecule has 17 heavy (non-hydrogen) atoms. The lowest BCUT2D eigenvalue weighted by atomic mass is 9.79. The van der Waals surface area contributed by atoms with Crippen LogP contribution in [0, 0.1) is 0 Å². The maximum absolute atomic E-state index is 12.5. The van der Waals surface area contributed by atoms with E-state index in [1.165, 1.54) is 0 Å². The number of nitrogens with two attached hydrogens (primary N) is 1. The van der Waals surface area contributed by atoms with Gasteiger partial charge in [0.2, 0.25) is 0 Å². The van der Waals surface area contributed by atoms with Crippen LogP contribution in [0.3, 0.4) is 0 Å². The summed E-state index contributed by atoms with van der Waals surface area (Å²) in [5.74, 6) is -2.32. The molecule has 0 unspecified atom stereocenters. The number of halogens is 3. The van der Waals surface area contributed by atoms with Crippen LogP contribution in [0.4, 0.5) is 19.0 Å². The molecule has 0 radical (unpaired) electrons. The summed E-state index contributed by atoms with van der Waals surface area (Å²) in [7, 11) is 0. The van der Waals surface area contributed by atoms with Crippen molar-refractivity contribution in [3.63, 3.8) is 0 Å². The molecule has 1 aromatic heterocycles. The number of nitrogen functional groups attached to an aromatic ring is 1. The van der Waals surface area contributed by atoms with Gasteiger partial charge in [0, 0.05) is 5.56 Å². The van der Waals surface area contributed by atoms with Crippen molar-refractivity contribution in [2.45, 2.75) is 31.5 Å². The maximum Gasteiger partial charge on any atom is 0.506 e. The summed E-state index contributed by atoms with van der Waals surface area (Å²) in [6.07, 6.45) is -2.64. The minimum Gasteiger partial charge on any atom is -0.476 e. The zero-order valence-corrected chi connectivity index (χ0v) is 8.66. The van der Waals surface area contributed by atoms with E-state index in [0.717, 1.165) is 6.42 Å². The number of rotatable bonds is 2. The van der Waals surface area contributed by atoms with E-state index in [2.05, 4.69) is 5.10 Å². The number of aromatic carboxylic acids is 1. The van der Waals surface area contributed by atoms with Crippen molar-refractivity contribution in [1.82, 2.24) is 9.78 Å². The van der Waals surface area contributed by atoms with Crippen LogP contribution in [0.1, 0.15) is 41.2 Å². The zero-order valence-electron chi connectivity index (χ0n) is 8.66. The molecule has 94 valence electrons. The Bertz CT molecular complexity index is 463. The maximum atomic E-state index is 12.5. The first kappa shape index (κ1) is 11.7. The molecule has 1 saturated carbocycles. The van der Waals surface area contributed by atoms with Crippen LogP contribution < -0.4 is 5.73 Å². The second-order valence-electron chi connectivity index (χ2n) is 3.96. The summed E-state index contributed by atoms with van der Waals surface area (Å²) in [5, 5.41) is 11.9. The average molecular weight is 249 g/mol. The van der Waals surface area contributed by atoms with Crippen LogP contribution in [-0.4, -0.2) is 20.9 Å². The third-order valence-corrected chi connectivity index (χ3v) is 2.92. The quantitative estimate of drug-likeness (QED) is 0.838. The number of anilines is 1. The first-order valence-electron chi connectivity index (χ1n) is 5.01. The fraction of sp³-hybridized carbons (Fsp3) is 0.556. The van der Waals surface area contributed by atoms with Gasteiger partial charge in [0.25, 0.3) is 0 Å². The monoisotopic (exact) mass is 249 g/mol. The molecule has 0 spiro atoms. The van der Waals surface area contributed by atoms with Crippen molar-refractivity contribution in [2.24, 2.45) is 0 Å². The van der Waals surface area contributed by atoms with Crippen molar-refractivity contribution in [3.05, 3.63) is 11.3 Å². The number of carbonyl (C=O) groups is 1. The largest absolute Gasteiger partial charge is 0.506 e. The van der Waals surface area contributed by atoms with Gasteiger partial charge in [-0.3, -0.25) is 0 Å². The van der Waals surface area contributed by atoms with E-state index in [0.29, 0.717) is 12.8 Å². The van der Waals surface area contributed by atoms with E-state index >= 15 is 0 Å². The van der Waals surface area contributed by atoms with Crippen molar-refractivity contribution >= 4 is 11.8 Å². The molecule has 1 heterocycles. The number of hydrogen-bond acceptors (Lipinski definition) is 3. The topological polar surface area (TPSA) is 81.1 Å². The summed E-state index contributed by atoms with van der Waals surface area (Å²) in [4.78, 5) is 10.9. The van der Waals surface area contributed by atoms with E-state index in [1.807, 2.05) is 0 Å². The molecule has 0 saturated heterocycles. The normalized spacial score (nSPS) is 16.9. The average Bonchev–Trinajstić information content (AvgIpc) is 2.41. The molecule has 8 heteroatoms. The Morgan fingerprint density at radius 3 is 2.41 bits per heavy atom. The smallest absolute Gasteiger partial charge is 0.476 e.